The van der Waals surface area contributed by atoms with Crippen LogP contribution in [0.2, 0.25) is 0 Å². The van der Waals surface area contributed by atoms with Gasteiger partial charge in [-0.3, -0.25) is 24.5 Å². The van der Waals surface area contributed by atoms with E-state index in [1.54, 1.807) is 78.7 Å². The molecule has 0 bridgehead atoms. The normalized spacial score (nSPS) is 15.6. The lowest BCUT2D eigenvalue weighted by Crippen LogP contribution is -2.64. The van der Waals surface area contributed by atoms with Gasteiger partial charge >= 0.3 is 6.03 Å². The van der Waals surface area contributed by atoms with Crippen LogP contribution in [0.5, 0.6) is 5.75 Å². The zero-order valence-electron chi connectivity index (χ0n) is 30.0. The Labute approximate surface area is 316 Å². The average molecular weight is 766 g/mol. The minimum atomic E-state index is -3.38. The largest absolute Gasteiger partial charge is 0.494 e. The highest BCUT2D eigenvalue weighted by Crippen LogP contribution is 2.36. The van der Waals surface area contributed by atoms with Gasteiger partial charge in [0.1, 0.15) is 16.9 Å². The number of aromatic amines is 1. The van der Waals surface area contributed by atoms with E-state index in [1.807, 2.05) is 6.07 Å². The fourth-order valence-corrected chi connectivity index (χ4v) is 7.72. The van der Waals surface area contributed by atoms with E-state index in [2.05, 4.69) is 37.1 Å². The van der Waals surface area contributed by atoms with E-state index >= 15 is 0 Å². The Hall–Kier alpha value is -6.32. The van der Waals surface area contributed by atoms with Gasteiger partial charge in [-0.1, -0.05) is 0 Å². The third kappa shape index (κ3) is 7.98. The third-order valence-electron chi connectivity index (χ3n) is 9.60. The number of nitrogens with one attached hydrogen (secondary N) is 4. The number of nitrogens with zero attached hydrogens (tertiary/aromatic N) is 7. The first-order chi connectivity index (χ1) is 26.6. The number of rotatable bonds is 15. The number of aromatic nitrogens is 5. The van der Waals surface area contributed by atoms with Gasteiger partial charge in [-0.2, -0.15) is 19.6 Å². The van der Waals surface area contributed by atoms with E-state index in [1.165, 1.54) is 9.21 Å². The Kier molecular flexibility index (Phi) is 10.5. The number of sulfonamides is 1. The summed E-state index contributed by atoms with van der Waals surface area (Å²) >= 11 is 0. The molecule has 0 aliphatic carbocycles. The van der Waals surface area contributed by atoms with Crippen molar-refractivity contribution in [2.24, 2.45) is 0 Å². The summed E-state index contributed by atoms with van der Waals surface area (Å²) in [6.45, 7) is 3.20. The average Bonchev–Trinajstić information content (AvgIpc) is 3.85. The highest BCUT2D eigenvalue weighted by atomic mass is 32.2. The molecule has 4 N–H and O–H groups in total. The number of fused-ring (bicyclic) bond motifs is 1. The Balaban J connectivity index is 0.906. The molecule has 7 rings (SSSR count). The molecule has 2 aromatic carbocycles. The molecule has 5 aromatic rings. The smallest absolute Gasteiger partial charge is 0.328 e. The van der Waals surface area contributed by atoms with Gasteiger partial charge in [0.2, 0.25) is 21.9 Å². The van der Waals surface area contributed by atoms with Crippen LogP contribution in [0.25, 0.3) is 22.3 Å². The molecule has 4 amide bonds. The monoisotopic (exact) mass is 765 g/mol. The molecule has 2 fully saturated rings. The third-order valence-corrected chi connectivity index (χ3v) is 11.4. The number of ether oxygens (including phenoxy) is 1. The summed E-state index contributed by atoms with van der Waals surface area (Å²) in [5.41, 5.74) is 2.97. The van der Waals surface area contributed by atoms with Crippen LogP contribution >= 0.6 is 0 Å². The second-order valence-electron chi connectivity index (χ2n) is 13.3. The molecular formula is C37H39N11O6S. The van der Waals surface area contributed by atoms with Gasteiger partial charge in [0.25, 0.3) is 5.91 Å². The van der Waals surface area contributed by atoms with Crippen LogP contribution in [0.15, 0.2) is 73.2 Å². The van der Waals surface area contributed by atoms with E-state index in [0.29, 0.717) is 71.7 Å². The standard InChI is InChI=1S/C37H39N11O6S/c1-2-55(52,53)46-23-37(24-46,15-16-38)48-22-26(21-41-48)32-30-13-18-39-33(30)45-35(44-32)42-27-7-5-25(6-8-27)34(50)40-17-3-4-20-54-29-11-9-28(10-12-29)47-19-14-31(49)43-36(47)51/h5-13,18,21-22H,2-4,14-15,17,19-20,23-24H2,1H3,(H,40,50)(H,43,49,51)(H2,39,42,44,45). The summed E-state index contributed by atoms with van der Waals surface area (Å²) in [5.74, 6) is 0.488. The van der Waals surface area contributed by atoms with Crippen molar-refractivity contribution in [1.29, 1.82) is 5.26 Å². The molecular weight excluding hydrogens is 727 g/mol. The molecule has 2 saturated heterocycles. The van der Waals surface area contributed by atoms with Gasteiger partial charge in [0.05, 0.1) is 36.7 Å². The van der Waals surface area contributed by atoms with Gasteiger partial charge in [-0.15, -0.1) is 0 Å². The van der Waals surface area contributed by atoms with Gasteiger partial charge in [-0.05, 0) is 74.4 Å². The van der Waals surface area contributed by atoms with Crippen molar-refractivity contribution in [1.82, 2.24) is 39.7 Å². The summed E-state index contributed by atoms with van der Waals surface area (Å²) in [4.78, 5) is 50.3. The maximum absolute atomic E-state index is 12.8. The fourth-order valence-electron chi connectivity index (χ4n) is 6.48. The van der Waals surface area contributed by atoms with Gasteiger partial charge in [0.15, 0.2) is 0 Å². The Bertz CT molecular complexity index is 2360. The highest BCUT2D eigenvalue weighted by molar-refractivity contribution is 7.89. The Morgan fingerprint density at radius 1 is 1.05 bits per heavy atom. The van der Waals surface area contributed by atoms with E-state index in [9.17, 15) is 28.1 Å². The van der Waals surface area contributed by atoms with E-state index < -0.39 is 21.6 Å². The Morgan fingerprint density at radius 2 is 1.84 bits per heavy atom. The first-order valence-corrected chi connectivity index (χ1v) is 19.4. The molecule has 5 heterocycles. The number of carbonyl (C=O) groups excluding carboxylic acids is 3. The van der Waals surface area contributed by atoms with Crippen LogP contribution in [0, 0.1) is 11.3 Å². The first kappa shape index (κ1) is 37.0. The highest BCUT2D eigenvalue weighted by Gasteiger charge is 2.49. The topological polar surface area (TPSA) is 220 Å². The molecule has 0 radical (unpaired) electrons. The number of amides is 4. The summed E-state index contributed by atoms with van der Waals surface area (Å²) in [6.07, 6.45) is 7.00. The molecule has 2 aliphatic heterocycles. The van der Waals surface area contributed by atoms with Crippen LogP contribution in [0.4, 0.5) is 22.1 Å². The van der Waals surface area contributed by atoms with Gasteiger partial charge in [-0.25, -0.2) is 18.2 Å². The van der Waals surface area contributed by atoms with Crippen molar-refractivity contribution in [2.75, 3.05) is 48.8 Å². The lowest BCUT2D eigenvalue weighted by molar-refractivity contribution is -0.120. The zero-order valence-corrected chi connectivity index (χ0v) is 30.8. The number of H-pyrrole nitrogens is 1. The summed E-state index contributed by atoms with van der Waals surface area (Å²) in [5, 5.41) is 23.3. The van der Waals surface area contributed by atoms with Crippen molar-refractivity contribution in [3.8, 4) is 23.1 Å². The predicted molar refractivity (Wildman–Crippen MR) is 203 cm³/mol. The zero-order chi connectivity index (χ0) is 38.6. The predicted octanol–water partition coefficient (Wildman–Crippen LogP) is 3.87. The van der Waals surface area contributed by atoms with E-state index in [4.69, 9.17) is 9.72 Å². The maximum atomic E-state index is 12.8. The van der Waals surface area contributed by atoms with Crippen LogP contribution in [-0.4, -0.2) is 93.8 Å². The Morgan fingerprint density at radius 3 is 2.56 bits per heavy atom. The number of imide groups is 1. The molecule has 3 aromatic heterocycles. The van der Waals surface area contributed by atoms with Crippen LogP contribution < -0.4 is 25.6 Å². The minimum Gasteiger partial charge on any atom is -0.494 e. The molecule has 17 nitrogen and oxygen atoms in total. The van der Waals surface area contributed by atoms with Crippen LogP contribution in [-0.2, 0) is 20.4 Å². The number of anilines is 3. The van der Waals surface area contributed by atoms with E-state index in [0.717, 1.165) is 11.8 Å². The number of hydrogen-bond acceptors (Lipinski definition) is 11. The van der Waals surface area contributed by atoms with Crippen molar-refractivity contribution in [3.63, 3.8) is 0 Å². The van der Waals surface area contributed by atoms with Gasteiger partial charge in [0, 0.05) is 72.9 Å². The van der Waals surface area contributed by atoms with Crippen molar-refractivity contribution >= 4 is 56.2 Å². The summed E-state index contributed by atoms with van der Waals surface area (Å²) < 4.78 is 33.7. The SMILES string of the molecule is CCS(=O)(=O)N1CC(CC#N)(n2cc(-c3nc(Nc4ccc(C(=O)NCCCCOc5ccc(N6CCC(=O)NC6=O)cc5)cc4)nc4[nH]ccc34)cn2)C1. The summed E-state index contributed by atoms with van der Waals surface area (Å²) in [7, 11) is -3.38. The number of unbranched alkanes of at least 4 members (excludes halogenated alkanes) is 1. The van der Waals surface area contributed by atoms with Crippen molar-refractivity contribution < 1.29 is 27.5 Å². The quantitative estimate of drug-likeness (QED) is 0.112. The first-order valence-electron chi connectivity index (χ1n) is 17.8. The lowest BCUT2D eigenvalue weighted by Gasteiger charge is -2.47. The number of carbonyl (C=O) groups is 3. The van der Waals surface area contributed by atoms with Crippen LogP contribution in [0.1, 0.15) is 43.0 Å². The van der Waals surface area contributed by atoms with Crippen molar-refractivity contribution in [2.45, 2.75) is 38.1 Å². The molecule has 0 saturated carbocycles. The molecule has 284 valence electrons. The summed E-state index contributed by atoms with van der Waals surface area (Å²) in [6, 6.07) is 17.7. The second kappa shape index (κ2) is 15.6. The molecule has 18 heteroatoms. The molecule has 2 aliphatic rings. The number of benzene rings is 2. The maximum Gasteiger partial charge on any atom is 0.328 e. The van der Waals surface area contributed by atoms with Crippen molar-refractivity contribution in [3.05, 3.63) is 78.8 Å². The number of nitriles is 1. The number of urea groups is 1. The van der Waals surface area contributed by atoms with E-state index in [-0.39, 0.29) is 43.5 Å². The molecule has 0 spiro atoms. The number of hydrogen-bond donors (Lipinski definition) is 4. The second-order valence-corrected chi connectivity index (χ2v) is 15.6. The fraction of sp³-hybridized carbons (Fsp3) is 0.324. The molecule has 0 unspecified atom stereocenters. The molecule has 55 heavy (non-hydrogen) atoms. The molecule has 0 atom stereocenters. The lowest BCUT2D eigenvalue weighted by atomic mass is 9.89. The van der Waals surface area contributed by atoms with Crippen LogP contribution in [0.3, 0.4) is 0 Å². The van der Waals surface area contributed by atoms with Gasteiger partial charge < -0.3 is 20.4 Å². The minimum absolute atomic E-state index is 0.00898.